The minimum absolute atomic E-state index is 0.0856. The van der Waals surface area contributed by atoms with Gasteiger partial charge in [0.1, 0.15) is 11.4 Å². The Kier molecular flexibility index (Phi) is 4.18. The smallest absolute Gasteiger partial charge is 0.268 e. The molecule has 0 radical (unpaired) electrons. The molecule has 0 aliphatic heterocycles. The summed E-state index contributed by atoms with van der Waals surface area (Å²) in [6.45, 7) is 2.11. The van der Waals surface area contributed by atoms with E-state index in [4.69, 9.17) is 5.26 Å². The van der Waals surface area contributed by atoms with Crippen LogP contribution in [-0.2, 0) is 6.42 Å². The first kappa shape index (κ1) is 11.6. The van der Waals surface area contributed by atoms with Crippen LogP contribution in [0.4, 0.5) is 0 Å². The first-order valence-electron chi connectivity index (χ1n) is 4.64. The molecule has 1 aromatic rings. The van der Waals surface area contributed by atoms with Gasteiger partial charge in [-0.15, -0.1) is 5.10 Å². The summed E-state index contributed by atoms with van der Waals surface area (Å²) in [6.07, 6.45) is 1.67. The number of rotatable bonds is 4. The topological polar surface area (TPSA) is 69.9 Å². The highest BCUT2D eigenvalue weighted by Gasteiger charge is 2.18. The number of aryl methyl sites for hydroxylation is 1. The van der Waals surface area contributed by atoms with Gasteiger partial charge in [0.2, 0.25) is 0 Å². The first-order valence-corrected chi connectivity index (χ1v) is 5.41. The van der Waals surface area contributed by atoms with Crippen molar-refractivity contribution in [3.8, 4) is 6.07 Å². The highest BCUT2D eigenvalue weighted by Crippen LogP contribution is 2.14. The van der Waals surface area contributed by atoms with Crippen molar-refractivity contribution in [1.82, 2.24) is 14.5 Å². The molecule has 0 saturated heterocycles. The van der Waals surface area contributed by atoms with Gasteiger partial charge in [-0.1, -0.05) is 17.8 Å². The molecule has 0 unspecified atom stereocenters. The van der Waals surface area contributed by atoms with Crippen LogP contribution in [0.5, 0.6) is 0 Å². The zero-order valence-corrected chi connectivity index (χ0v) is 9.54. The van der Waals surface area contributed by atoms with Crippen LogP contribution in [0, 0.1) is 11.3 Å². The normalized spacial score (nSPS) is 9.67. The van der Waals surface area contributed by atoms with Crippen LogP contribution >= 0.6 is 11.5 Å². The number of carbonyl (C=O) groups excluding carboxylic acids is 1. The second-order valence-corrected chi connectivity index (χ2v) is 3.87. The zero-order chi connectivity index (χ0) is 11.3. The number of carbonyl (C=O) groups is 1. The standard InChI is InChI=1S/C9H12N4OS/c1-3-4-7-8(15-12-11-7)9(14)13(2)6-5-10/h3-4,6H2,1-2H3. The molecule has 15 heavy (non-hydrogen) atoms. The van der Waals surface area contributed by atoms with Gasteiger partial charge >= 0.3 is 0 Å². The third-order valence-corrected chi connectivity index (χ3v) is 2.65. The number of aromatic nitrogens is 2. The van der Waals surface area contributed by atoms with Gasteiger partial charge in [-0.25, -0.2) is 0 Å². The average molecular weight is 224 g/mol. The molecule has 1 aromatic heterocycles. The lowest BCUT2D eigenvalue weighted by molar-refractivity contribution is 0.0815. The molecule has 1 heterocycles. The van der Waals surface area contributed by atoms with E-state index in [1.807, 2.05) is 13.0 Å². The minimum Gasteiger partial charge on any atom is -0.328 e. The quantitative estimate of drug-likeness (QED) is 0.718. The maximum absolute atomic E-state index is 11.8. The van der Waals surface area contributed by atoms with Gasteiger partial charge in [-0.3, -0.25) is 4.79 Å². The summed E-state index contributed by atoms with van der Waals surface area (Å²) in [5.41, 5.74) is 0.734. The lowest BCUT2D eigenvalue weighted by Crippen LogP contribution is -2.27. The van der Waals surface area contributed by atoms with E-state index in [2.05, 4.69) is 9.59 Å². The van der Waals surface area contributed by atoms with Crippen molar-refractivity contribution in [3.63, 3.8) is 0 Å². The molecule has 1 amide bonds. The largest absolute Gasteiger partial charge is 0.328 e. The van der Waals surface area contributed by atoms with E-state index in [1.54, 1.807) is 7.05 Å². The molecule has 0 bridgehead atoms. The Morgan fingerprint density at radius 3 is 3.00 bits per heavy atom. The van der Waals surface area contributed by atoms with E-state index in [-0.39, 0.29) is 12.5 Å². The summed E-state index contributed by atoms with van der Waals surface area (Å²) < 4.78 is 3.77. The Hall–Kier alpha value is -1.48. The van der Waals surface area contributed by atoms with Crippen molar-refractivity contribution >= 4 is 17.4 Å². The van der Waals surface area contributed by atoms with Gasteiger partial charge in [-0.05, 0) is 18.0 Å². The van der Waals surface area contributed by atoms with E-state index < -0.39 is 0 Å². The van der Waals surface area contributed by atoms with Crippen molar-refractivity contribution in [1.29, 1.82) is 5.26 Å². The molecule has 0 fully saturated rings. The fourth-order valence-electron chi connectivity index (χ4n) is 1.12. The predicted molar refractivity (Wildman–Crippen MR) is 56.5 cm³/mol. The Balaban J connectivity index is 2.82. The van der Waals surface area contributed by atoms with Crippen LogP contribution in [0.25, 0.3) is 0 Å². The van der Waals surface area contributed by atoms with Crippen LogP contribution < -0.4 is 0 Å². The van der Waals surface area contributed by atoms with Gasteiger partial charge in [0, 0.05) is 7.05 Å². The lowest BCUT2D eigenvalue weighted by atomic mass is 10.2. The SMILES string of the molecule is CCCc1nnsc1C(=O)N(C)CC#N. The number of amides is 1. The predicted octanol–water partition coefficient (Wildman–Crippen LogP) is 1.09. The minimum atomic E-state index is -0.171. The van der Waals surface area contributed by atoms with Crippen molar-refractivity contribution < 1.29 is 4.79 Å². The molecule has 0 atom stereocenters. The molecule has 1 rings (SSSR count). The van der Waals surface area contributed by atoms with E-state index >= 15 is 0 Å². The Morgan fingerprint density at radius 2 is 2.40 bits per heavy atom. The van der Waals surface area contributed by atoms with Crippen molar-refractivity contribution in [3.05, 3.63) is 10.6 Å². The van der Waals surface area contributed by atoms with Gasteiger partial charge < -0.3 is 4.90 Å². The average Bonchev–Trinajstić information content (AvgIpc) is 2.66. The van der Waals surface area contributed by atoms with Crippen LogP contribution in [0.2, 0.25) is 0 Å². The number of nitriles is 1. The summed E-state index contributed by atoms with van der Waals surface area (Å²) in [6, 6.07) is 1.93. The fourth-order valence-corrected chi connectivity index (χ4v) is 1.83. The number of hydrogen-bond acceptors (Lipinski definition) is 5. The highest BCUT2D eigenvalue weighted by molar-refractivity contribution is 7.07. The second-order valence-electron chi connectivity index (χ2n) is 3.12. The number of hydrogen-bond donors (Lipinski definition) is 0. The number of nitrogens with zero attached hydrogens (tertiary/aromatic N) is 4. The summed E-state index contributed by atoms with van der Waals surface area (Å²) in [7, 11) is 1.60. The maximum Gasteiger partial charge on any atom is 0.268 e. The summed E-state index contributed by atoms with van der Waals surface area (Å²) >= 11 is 1.09. The lowest BCUT2D eigenvalue weighted by Gasteiger charge is -2.11. The monoisotopic (exact) mass is 224 g/mol. The van der Waals surface area contributed by atoms with Gasteiger partial charge in [0.15, 0.2) is 0 Å². The molecule has 80 valence electrons. The van der Waals surface area contributed by atoms with Crippen LogP contribution in [0.15, 0.2) is 0 Å². The molecule has 0 aromatic carbocycles. The summed E-state index contributed by atoms with van der Waals surface area (Å²) in [5, 5.41) is 12.4. The summed E-state index contributed by atoms with van der Waals surface area (Å²) in [4.78, 5) is 13.7. The van der Waals surface area contributed by atoms with Crippen molar-refractivity contribution in [2.24, 2.45) is 0 Å². The molecular formula is C9H12N4OS. The molecular weight excluding hydrogens is 212 g/mol. The Morgan fingerprint density at radius 1 is 1.67 bits per heavy atom. The second kappa shape index (κ2) is 5.41. The van der Waals surface area contributed by atoms with Crippen molar-refractivity contribution in [2.75, 3.05) is 13.6 Å². The molecule has 0 N–H and O–H groups in total. The van der Waals surface area contributed by atoms with E-state index in [1.165, 1.54) is 4.90 Å². The molecule has 5 nitrogen and oxygen atoms in total. The molecule has 0 aliphatic carbocycles. The molecule has 0 saturated carbocycles. The first-order chi connectivity index (χ1) is 7.20. The van der Waals surface area contributed by atoms with E-state index in [9.17, 15) is 4.79 Å². The van der Waals surface area contributed by atoms with E-state index in [0.717, 1.165) is 30.1 Å². The molecule has 0 aliphatic rings. The van der Waals surface area contributed by atoms with Crippen LogP contribution in [0.1, 0.15) is 28.7 Å². The third kappa shape index (κ3) is 2.73. The maximum atomic E-state index is 11.8. The zero-order valence-electron chi connectivity index (χ0n) is 8.73. The Bertz CT molecular complexity index is 382. The van der Waals surface area contributed by atoms with Gasteiger partial charge in [0.25, 0.3) is 5.91 Å². The van der Waals surface area contributed by atoms with Gasteiger partial charge in [-0.2, -0.15) is 5.26 Å². The molecule has 6 heteroatoms. The van der Waals surface area contributed by atoms with Crippen LogP contribution in [-0.4, -0.2) is 34.0 Å². The Labute approximate surface area is 92.5 Å². The van der Waals surface area contributed by atoms with Crippen molar-refractivity contribution in [2.45, 2.75) is 19.8 Å². The van der Waals surface area contributed by atoms with E-state index in [0.29, 0.717) is 4.88 Å². The fraction of sp³-hybridized carbons (Fsp3) is 0.556. The summed E-state index contributed by atoms with van der Waals surface area (Å²) in [5.74, 6) is -0.171. The third-order valence-electron chi connectivity index (χ3n) is 1.89. The molecule has 0 spiro atoms. The van der Waals surface area contributed by atoms with Gasteiger partial charge in [0.05, 0.1) is 11.8 Å². The van der Waals surface area contributed by atoms with Crippen LogP contribution in [0.3, 0.4) is 0 Å². The highest BCUT2D eigenvalue weighted by atomic mass is 32.1.